The average molecular weight is 402 g/mol. The van der Waals surface area contributed by atoms with Crippen molar-refractivity contribution in [3.05, 3.63) is 57.8 Å². The van der Waals surface area contributed by atoms with Gasteiger partial charge in [-0.25, -0.2) is 4.79 Å². The first kappa shape index (κ1) is 21.3. The van der Waals surface area contributed by atoms with Gasteiger partial charge in [-0.1, -0.05) is 13.8 Å². The summed E-state index contributed by atoms with van der Waals surface area (Å²) in [4.78, 5) is 35.4. The number of nitrogens with one attached hydrogen (secondary N) is 1. The highest BCUT2D eigenvalue weighted by atomic mass is 32.1. The number of nitro groups is 1. The Hall–Kier alpha value is -3.00. The number of carbonyl (C=O) groups excluding carboxylic acids is 2. The van der Waals surface area contributed by atoms with Crippen LogP contribution in [0.1, 0.15) is 36.7 Å². The molecule has 0 amide bonds. The zero-order valence-electron chi connectivity index (χ0n) is 16.1. The lowest BCUT2D eigenvalue weighted by Crippen LogP contribution is -2.08. The highest BCUT2D eigenvalue weighted by Crippen LogP contribution is 2.40. The highest BCUT2D eigenvalue weighted by Gasteiger charge is 2.23. The summed E-state index contributed by atoms with van der Waals surface area (Å²) in [6.45, 7) is 7.37. The molecule has 148 valence electrons. The number of ether oxygens (including phenoxy) is 1. The fourth-order valence-electron chi connectivity index (χ4n) is 2.47. The molecule has 0 saturated heterocycles. The Bertz CT molecular complexity index is 913. The number of carbonyl (C=O) groups is 2. The monoisotopic (exact) mass is 402 g/mol. The molecule has 0 bridgehead atoms. The third-order valence-corrected chi connectivity index (χ3v) is 5.27. The number of benzene rings is 1. The standard InChI is InChI=1S/C20H22N2O5S/c1-5-27-20(24)17-13(4)18(14-6-8-15(9-7-14)22(25)26)28-19(17)21-11-10-16(23)12(2)3/h6-12,21H,5H2,1-4H3/b11-10+. The van der Waals surface area contributed by atoms with Crippen molar-refractivity contribution < 1.29 is 19.2 Å². The Kier molecular flexibility index (Phi) is 7.06. The van der Waals surface area contributed by atoms with Gasteiger partial charge in [0.1, 0.15) is 5.00 Å². The molecule has 0 fully saturated rings. The molecule has 2 rings (SSSR count). The third kappa shape index (κ3) is 4.83. The number of non-ortho nitro benzene ring substituents is 1. The Morgan fingerprint density at radius 2 is 1.93 bits per heavy atom. The van der Waals surface area contributed by atoms with Crippen LogP contribution in [0.25, 0.3) is 10.4 Å². The summed E-state index contributed by atoms with van der Waals surface area (Å²) >= 11 is 1.32. The van der Waals surface area contributed by atoms with Crippen LogP contribution in [0.5, 0.6) is 0 Å². The minimum Gasteiger partial charge on any atom is -0.462 e. The molecule has 7 nitrogen and oxygen atoms in total. The van der Waals surface area contributed by atoms with Gasteiger partial charge in [-0.05, 0) is 43.2 Å². The molecule has 0 atom stereocenters. The summed E-state index contributed by atoms with van der Waals surface area (Å²) in [6, 6.07) is 6.14. The van der Waals surface area contributed by atoms with Crippen LogP contribution < -0.4 is 5.32 Å². The molecule has 0 radical (unpaired) electrons. The molecule has 1 aromatic heterocycles. The van der Waals surface area contributed by atoms with Gasteiger partial charge in [-0.3, -0.25) is 14.9 Å². The maximum absolute atomic E-state index is 12.4. The molecule has 8 heteroatoms. The van der Waals surface area contributed by atoms with E-state index in [-0.39, 0.29) is 24.0 Å². The summed E-state index contributed by atoms with van der Waals surface area (Å²) in [6.07, 6.45) is 2.94. The minimum absolute atomic E-state index is 0.00273. The minimum atomic E-state index is -0.463. The molecule has 0 spiro atoms. The second-order valence-corrected chi connectivity index (χ2v) is 7.34. The fraction of sp³-hybridized carbons (Fsp3) is 0.300. The number of hydrogen-bond donors (Lipinski definition) is 1. The van der Waals surface area contributed by atoms with E-state index in [4.69, 9.17) is 4.74 Å². The number of thiophene rings is 1. The van der Waals surface area contributed by atoms with E-state index >= 15 is 0 Å². The van der Waals surface area contributed by atoms with Crippen molar-refractivity contribution in [2.75, 3.05) is 11.9 Å². The Morgan fingerprint density at radius 3 is 2.46 bits per heavy atom. The third-order valence-electron chi connectivity index (χ3n) is 4.00. The molecular formula is C20H22N2O5S. The van der Waals surface area contributed by atoms with Gasteiger partial charge in [-0.2, -0.15) is 0 Å². The SMILES string of the molecule is CCOC(=O)c1c(N/C=C/C(=O)C(C)C)sc(-c2ccc([N+](=O)[O-])cc2)c1C. The number of nitrogens with zero attached hydrogens (tertiary/aromatic N) is 1. The molecule has 1 heterocycles. The van der Waals surface area contributed by atoms with Crippen LogP contribution in [0, 0.1) is 23.0 Å². The first-order valence-electron chi connectivity index (χ1n) is 8.78. The van der Waals surface area contributed by atoms with Crippen LogP contribution in [-0.4, -0.2) is 23.3 Å². The van der Waals surface area contributed by atoms with Crippen LogP contribution in [0.4, 0.5) is 10.7 Å². The summed E-state index contributed by atoms with van der Waals surface area (Å²) < 4.78 is 5.16. The molecule has 1 N–H and O–H groups in total. The molecule has 0 aliphatic heterocycles. The van der Waals surface area contributed by atoms with E-state index in [9.17, 15) is 19.7 Å². The van der Waals surface area contributed by atoms with Gasteiger partial charge >= 0.3 is 5.97 Å². The van der Waals surface area contributed by atoms with E-state index in [1.54, 1.807) is 39.8 Å². The topological polar surface area (TPSA) is 98.5 Å². The molecule has 0 aliphatic rings. The van der Waals surface area contributed by atoms with E-state index in [0.717, 1.165) is 10.4 Å². The summed E-state index contributed by atoms with van der Waals surface area (Å²) in [5.41, 5.74) is 1.86. The Labute approximate surface area is 167 Å². The van der Waals surface area contributed by atoms with Crippen molar-refractivity contribution in [3.63, 3.8) is 0 Å². The van der Waals surface area contributed by atoms with E-state index in [1.165, 1.54) is 35.7 Å². The van der Waals surface area contributed by atoms with Crippen LogP contribution in [-0.2, 0) is 9.53 Å². The number of ketones is 1. The van der Waals surface area contributed by atoms with Crippen molar-refractivity contribution in [3.8, 4) is 10.4 Å². The largest absolute Gasteiger partial charge is 0.462 e. The fourth-order valence-corrected chi connectivity index (χ4v) is 3.64. The van der Waals surface area contributed by atoms with E-state index in [2.05, 4.69) is 5.32 Å². The molecule has 28 heavy (non-hydrogen) atoms. The van der Waals surface area contributed by atoms with Crippen molar-refractivity contribution in [1.82, 2.24) is 0 Å². The summed E-state index contributed by atoms with van der Waals surface area (Å²) in [5, 5.41) is 14.4. The van der Waals surface area contributed by atoms with Gasteiger partial charge < -0.3 is 10.1 Å². The summed E-state index contributed by atoms with van der Waals surface area (Å²) in [5.74, 6) is -0.618. The number of nitro benzene ring substituents is 1. The molecule has 0 aliphatic carbocycles. The normalized spacial score (nSPS) is 11.0. The zero-order chi connectivity index (χ0) is 20.8. The highest BCUT2D eigenvalue weighted by molar-refractivity contribution is 7.20. The lowest BCUT2D eigenvalue weighted by Gasteiger charge is -2.05. The Morgan fingerprint density at radius 1 is 1.29 bits per heavy atom. The van der Waals surface area contributed by atoms with E-state index in [0.29, 0.717) is 16.1 Å². The van der Waals surface area contributed by atoms with Gasteiger partial charge in [0.25, 0.3) is 5.69 Å². The van der Waals surface area contributed by atoms with Crippen LogP contribution in [0.3, 0.4) is 0 Å². The summed E-state index contributed by atoms with van der Waals surface area (Å²) in [7, 11) is 0. The first-order valence-corrected chi connectivity index (χ1v) is 9.60. The second-order valence-electron chi connectivity index (χ2n) is 6.32. The number of anilines is 1. The zero-order valence-corrected chi connectivity index (χ0v) is 17.0. The van der Waals surface area contributed by atoms with Crippen molar-refractivity contribution in [2.24, 2.45) is 5.92 Å². The molecule has 0 saturated carbocycles. The number of allylic oxidation sites excluding steroid dienone is 1. The number of esters is 1. The van der Waals surface area contributed by atoms with Gasteiger partial charge in [0.15, 0.2) is 5.78 Å². The predicted molar refractivity (Wildman–Crippen MR) is 110 cm³/mol. The van der Waals surface area contributed by atoms with Crippen molar-refractivity contribution >= 4 is 33.8 Å². The van der Waals surface area contributed by atoms with Gasteiger partial charge in [-0.15, -0.1) is 11.3 Å². The predicted octanol–water partition coefficient (Wildman–Crippen LogP) is 4.96. The van der Waals surface area contributed by atoms with Gasteiger partial charge in [0, 0.05) is 29.1 Å². The molecular weight excluding hydrogens is 380 g/mol. The van der Waals surface area contributed by atoms with Crippen molar-refractivity contribution in [2.45, 2.75) is 27.7 Å². The first-order chi connectivity index (χ1) is 13.3. The van der Waals surface area contributed by atoms with E-state index in [1.807, 2.05) is 0 Å². The quantitative estimate of drug-likeness (QED) is 0.290. The maximum Gasteiger partial charge on any atom is 0.341 e. The number of hydrogen-bond acceptors (Lipinski definition) is 7. The lowest BCUT2D eigenvalue weighted by molar-refractivity contribution is -0.384. The maximum atomic E-state index is 12.4. The lowest BCUT2D eigenvalue weighted by atomic mass is 10.1. The molecule has 1 aromatic carbocycles. The van der Waals surface area contributed by atoms with E-state index < -0.39 is 10.9 Å². The number of rotatable bonds is 8. The van der Waals surface area contributed by atoms with Crippen LogP contribution in [0.15, 0.2) is 36.5 Å². The van der Waals surface area contributed by atoms with Gasteiger partial charge in [0.05, 0.1) is 17.1 Å². The average Bonchev–Trinajstić information content (AvgIpc) is 2.98. The van der Waals surface area contributed by atoms with Crippen LogP contribution >= 0.6 is 11.3 Å². The van der Waals surface area contributed by atoms with Crippen molar-refractivity contribution in [1.29, 1.82) is 0 Å². The van der Waals surface area contributed by atoms with Gasteiger partial charge in [0.2, 0.25) is 0 Å². The molecule has 2 aromatic rings. The Balaban J connectivity index is 2.43. The van der Waals surface area contributed by atoms with Crippen LogP contribution in [0.2, 0.25) is 0 Å². The molecule has 0 unspecified atom stereocenters. The smallest absolute Gasteiger partial charge is 0.341 e. The second kappa shape index (κ2) is 9.27.